The maximum atomic E-state index is 11.7. The fourth-order valence-electron chi connectivity index (χ4n) is 4.57. The van der Waals surface area contributed by atoms with Crippen molar-refractivity contribution < 1.29 is 14.6 Å². The van der Waals surface area contributed by atoms with Gasteiger partial charge in [0.1, 0.15) is 12.4 Å². The Bertz CT molecular complexity index is 1280. The number of ether oxygens (including phenoxy) is 1. The van der Waals surface area contributed by atoms with E-state index in [1.165, 1.54) is 6.42 Å². The van der Waals surface area contributed by atoms with E-state index in [0.29, 0.717) is 22.6 Å². The molecule has 0 aliphatic heterocycles. The molecule has 0 spiro atoms. The van der Waals surface area contributed by atoms with Gasteiger partial charge in [-0.1, -0.05) is 61.7 Å². The van der Waals surface area contributed by atoms with Gasteiger partial charge in [0.15, 0.2) is 11.3 Å². The molecule has 1 aliphatic carbocycles. The van der Waals surface area contributed by atoms with Crippen molar-refractivity contribution >= 4 is 27.5 Å². The minimum atomic E-state index is -1.07. The maximum Gasteiger partial charge on any atom is 0.357 e. The lowest BCUT2D eigenvalue weighted by atomic mass is 9.84. The number of aromatic carboxylic acids is 1. The number of carboxylic acids is 1. The summed E-state index contributed by atoms with van der Waals surface area (Å²) in [5.74, 6) is 0.0380. The van der Waals surface area contributed by atoms with Crippen molar-refractivity contribution in [2.45, 2.75) is 44.6 Å². The number of aromatic nitrogens is 3. The number of carboxylic acid groups (broad SMARTS) is 1. The first-order valence-electron chi connectivity index (χ1n) is 11.2. The van der Waals surface area contributed by atoms with Gasteiger partial charge in [-0.05, 0) is 52.0 Å². The summed E-state index contributed by atoms with van der Waals surface area (Å²) in [6.45, 7) is 0.514. The van der Waals surface area contributed by atoms with Crippen molar-refractivity contribution in [2.24, 2.45) is 0 Å². The summed E-state index contributed by atoms with van der Waals surface area (Å²) in [6, 6.07) is 18.1. The number of benzene rings is 2. The van der Waals surface area contributed by atoms with E-state index < -0.39 is 5.97 Å². The first-order valence-corrected chi connectivity index (χ1v) is 12.0. The molecular formula is C26H24BrN3O3. The number of nitrogens with zero attached hydrogens (tertiary/aromatic N) is 3. The zero-order valence-corrected chi connectivity index (χ0v) is 19.7. The third kappa shape index (κ3) is 4.37. The van der Waals surface area contributed by atoms with E-state index in [2.05, 4.69) is 26.0 Å². The third-order valence-corrected chi connectivity index (χ3v) is 6.96. The molecule has 0 amide bonds. The summed E-state index contributed by atoms with van der Waals surface area (Å²) in [4.78, 5) is 16.3. The van der Waals surface area contributed by atoms with E-state index in [0.717, 1.165) is 53.8 Å². The van der Waals surface area contributed by atoms with Crippen LogP contribution in [0.2, 0.25) is 0 Å². The summed E-state index contributed by atoms with van der Waals surface area (Å²) in [7, 11) is 0. The van der Waals surface area contributed by atoms with Crippen molar-refractivity contribution in [3.8, 4) is 16.9 Å². The van der Waals surface area contributed by atoms with Gasteiger partial charge in [-0.3, -0.25) is 0 Å². The molecule has 2 aromatic heterocycles. The average Bonchev–Trinajstić information content (AvgIpc) is 3.20. The fourth-order valence-corrected chi connectivity index (χ4v) is 5.09. The molecule has 0 unspecified atom stereocenters. The summed E-state index contributed by atoms with van der Waals surface area (Å²) in [5.41, 5.74) is 4.68. The van der Waals surface area contributed by atoms with Crippen LogP contribution in [0, 0.1) is 0 Å². The van der Waals surface area contributed by atoms with Crippen LogP contribution in [0.5, 0.6) is 5.75 Å². The van der Waals surface area contributed by atoms with Crippen molar-refractivity contribution in [3.05, 3.63) is 82.2 Å². The van der Waals surface area contributed by atoms with Crippen molar-refractivity contribution in [1.82, 2.24) is 14.6 Å². The quantitative estimate of drug-likeness (QED) is 0.324. The highest BCUT2D eigenvalue weighted by Crippen LogP contribution is 2.39. The molecule has 0 bridgehead atoms. The van der Waals surface area contributed by atoms with Crippen LogP contribution in [0.1, 0.15) is 59.8 Å². The second kappa shape index (κ2) is 9.35. The van der Waals surface area contributed by atoms with Crippen molar-refractivity contribution in [3.63, 3.8) is 0 Å². The SMILES string of the molecule is O=C(O)c1nn2c(C3CCCCC3)c(-c3ccc(OCc4ccccc4)cc3)cnc2c1Br. The molecule has 0 atom stereocenters. The first-order chi connectivity index (χ1) is 16.1. The van der Waals surface area contributed by atoms with Gasteiger partial charge in [0, 0.05) is 17.7 Å². The molecule has 1 fully saturated rings. The lowest BCUT2D eigenvalue weighted by Crippen LogP contribution is -2.13. The van der Waals surface area contributed by atoms with Gasteiger partial charge < -0.3 is 9.84 Å². The number of hydrogen-bond acceptors (Lipinski definition) is 4. The molecule has 1 N–H and O–H groups in total. The summed E-state index contributed by atoms with van der Waals surface area (Å²) >= 11 is 3.39. The van der Waals surface area contributed by atoms with Gasteiger partial charge in [-0.2, -0.15) is 5.10 Å². The Balaban J connectivity index is 1.52. The smallest absolute Gasteiger partial charge is 0.357 e. The van der Waals surface area contributed by atoms with Crippen LogP contribution >= 0.6 is 15.9 Å². The molecule has 0 radical (unpaired) electrons. The van der Waals surface area contributed by atoms with Gasteiger partial charge in [0.25, 0.3) is 0 Å². The molecule has 6 nitrogen and oxygen atoms in total. The Kier molecular flexibility index (Phi) is 6.13. The topological polar surface area (TPSA) is 76.7 Å². The second-order valence-corrected chi connectivity index (χ2v) is 9.19. The fraction of sp³-hybridized carbons (Fsp3) is 0.269. The van der Waals surface area contributed by atoms with Crippen molar-refractivity contribution in [1.29, 1.82) is 0 Å². The normalized spacial score (nSPS) is 14.5. The molecule has 1 saturated carbocycles. The Morgan fingerprint density at radius 3 is 2.48 bits per heavy atom. The van der Waals surface area contributed by atoms with Gasteiger partial charge >= 0.3 is 5.97 Å². The van der Waals surface area contributed by atoms with E-state index in [4.69, 9.17) is 4.74 Å². The number of rotatable bonds is 6. The number of carbonyl (C=O) groups is 1. The molecule has 0 saturated heterocycles. The summed E-state index contributed by atoms with van der Waals surface area (Å²) in [6.07, 6.45) is 7.52. The molecular weight excluding hydrogens is 482 g/mol. The highest BCUT2D eigenvalue weighted by atomic mass is 79.9. The van der Waals surface area contributed by atoms with Crippen LogP contribution in [0.25, 0.3) is 16.8 Å². The lowest BCUT2D eigenvalue weighted by Gasteiger charge is -2.25. The Morgan fingerprint density at radius 2 is 1.79 bits per heavy atom. The minimum Gasteiger partial charge on any atom is -0.489 e. The number of hydrogen-bond donors (Lipinski definition) is 1. The minimum absolute atomic E-state index is 0.0126. The predicted octanol–water partition coefficient (Wildman–Crippen LogP) is 6.48. The highest BCUT2D eigenvalue weighted by molar-refractivity contribution is 9.10. The van der Waals surface area contributed by atoms with Gasteiger partial charge in [0.2, 0.25) is 0 Å². The average molecular weight is 506 g/mol. The zero-order chi connectivity index (χ0) is 22.8. The lowest BCUT2D eigenvalue weighted by molar-refractivity contribution is 0.0689. The molecule has 4 aromatic rings. The predicted molar refractivity (Wildman–Crippen MR) is 130 cm³/mol. The Hall–Kier alpha value is -3.19. The second-order valence-electron chi connectivity index (χ2n) is 8.39. The Labute approximate surface area is 200 Å². The van der Waals surface area contributed by atoms with Gasteiger partial charge in [-0.15, -0.1) is 0 Å². The van der Waals surface area contributed by atoms with Crippen molar-refractivity contribution in [2.75, 3.05) is 0 Å². The van der Waals surface area contributed by atoms with Gasteiger partial charge in [-0.25, -0.2) is 14.3 Å². The van der Waals surface area contributed by atoms with Crippen LogP contribution in [0.4, 0.5) is 0 Å². The molecule has 33 heavy (non-hydrogen) atoms. The highest BCUT2D eigenvalue weighted by Gasteiger charge is 2.27. The first kappa shape index (κ1) is 21.6. The van der Waals surface area contributed by atoms with Crippen LogP contribution in [-0.4, -0.2) is 25.7 Å². The maximum absolute atomic E-state index is 11.7. The molecule has 2 aromatic carbocycles. The van der Waals surface area contributed by atoms with E-state index in [1.807, 2.05) is 60.8 Å². The Morgan fingerprint density at radius 1 is 1.06 bits per heavy atom. The zero-order valence-electron chi connectivity index (χ0n) is 18.1. The number of halogens is 1. The van der Waals surface area contributed by atoms with Crippen LogP contribution in [0.3, 0.4) is 0 Å². The summed E-state index contributed by atoms with van der Waals surface area (Å²) < 4.78 is 8.09. The largest absolute Gasteiger partial charge is 0.489 e. The van der Waals surface area contributed by atoms with E-state index in [9.17, 15) is 9.90 Å². The van der Waals surface area contributed by atoms with Crippen LogP contribution in [0.15, 0.2) is 65.3 Å². The van der Waals surface area contributed by atoms with E-state index in [-0.39, 0.29) is 5.69 Å². The summed E-state index contributed by atoms with van der Waals surface area (Å²) in [5, 5.41) is 14.0. The molecule has 7 heteroatoms. The van der Waals surface area contributed by atoms with Gasteiger partial charge in [0.05, 0.1) is 10.2 Å². The molecule has 1 aliphatic rings. The third-order valence-electron chi connectivity index (χ3n) is 6.23. The molecule has 5 rings (SSSR count). The standard InChI is InChI=1S/C26H24BrN3O3/c27-22-23(26(31)32)29-30-24(19-9-5-2-6-10-19)21(15-28-25(22)30)18-11-13-20(14-12-18)33-16-17-7-3-1-4-8-17/h1,3-4,7-8,11-15,19H,2,5-6,9-10,16H2,(H,31,32). The molecule has 2 heterocycles. The number of fused-ring (bicyclic) bond motifs is 1. The van der Waals surface area contributed by atoms with E-state index >= 15 is 0 Å². The monoisotopic (exact) mass is 505 g/mol. The van der Waals surface area contributed by atoms with E-state index in [1.54, 1.807) is 4.52 Å². The van der Waals surface area contributed by atoms with Crippen LogP contribution < -0.4 is 4.74 Å². The molecule has 168 valence electrons. The van der Waals surface area contributed by atoms with Crippen LogP contribution in [-0.2, 0) is 6.61 Å².